The number of aryl methyl sites for hydroxylation is 2. The second-order valence-electron chi connectivity index (χ2n) is 5.20. The number of nitrogens with two attached hydrogens (primary N) is 1. The minimum Gasteiger partial charge on any atom is -0.480 e. The normalized spacial score (nSPS) is 17.8. The van der Waals surface area contributed by atoms with Crippen molar-refractivity contribution >= 4 is 17.7 Å². The molecule has 1 saturated carbocycles. The van der Waals surface area contributed by atoms with Crippen LogP contribution in [-0.2, 0) is 11.8 Å². The average Bonchev–Trinajstić information content (AvgIpc) is 3.07. The van der Waals surface area contributed by atoms with Crippen LogP contribution < -0.4 is 11.1 Å². The highest BCUT2D eigenvalue weighted by Gasteiger charge is 2.48. The van der Waals surface area contributed by atoms with Crippen LogP contribution in [0.25, 0.3) is 0 Å². The molecule has 1 heterocycles. The van der Waals surface area contributed by atoms with Gasteiger partial charge in [-0.3, -0.25) is 9.48 Å². The summed E-state index contributed by atoms with van der Waals surface area (Å²) in [6.45, 7) is 3.29. The Labute approximate surface area is 110 Å². The SMILES string of the molecule is Cc1nn(C)c(NC(C)(C(=O)O)C2CC2)c1C(N)=O. The molecule has 2 rings (SSSR count). The average molecular weight is 266 g/mol. The number of aliphatic carboxylic acids is 1. The summed E-state index contributed by atoms with van der Waals surface area (Å²) in [6.07, 6.45) is 1.72. The number of aromatic nitrogens is 2. The Balaban J connectivity index is 2.42. The maximum absolute atomic E-state index is 11.5. The summed E-state index contributed by atoms with van der Waals surface area (Å²) in [7, 11) is 1.65. The maximum atomic E-state index is 11.5. The molecule has 104 valence electrons. The van der Waals surface area contributed by atoms with Crippen LogP contribution in [0.4, 0.5) is 5.82 Å². The number of nitrogens with one attached hydrogen (secondary N) is 1. The molecule has 1 atom stereocenters. The third kappa shape index (κ3) is 2.16. The number of carbonyl (C=O) groups excluding carboxylic acids is 1. The molecular weight excluding hydrogens is 248 g/mol. The van der Waals surface area contributed by atoms with Crippen molar-refractivity contribution in [1.29, 1.82) is 0 Å². The Bertz CT molecular complexity index is 547. The molecule has 0 spiro atoms. The quantitative estimate of drug-likeness (QED) is 0.718. The first-order valence-corrected chi connectivity index (χ1v) is 6.12. The van der Waals surface area contributed by atoms with E-state index in [0.29, 0.717) is 11.5 Å². The monoisotopic (exact) mass is 266 g/mol. The van der Waals surface area contributed by atoms with E-state index in [4.69, 9.17) is 5.73 Å². The lowest BCUT2D eigenvalue weighted by atomic mass is 9.95. The Morgan fingerprint density at radius 1 is 1.53 bits per heavy atom. The number of rotatable bonds is 5. The van der Waals surface area contributed by atoms with E-state index in [0.717, 1.165) is 12.8 Å². The van der Waals surface area contributed by atoms with Crippen LogP contribution >= 0.6 is 0 Å². The smallest absolute Gasteiger partial charge is 0.329 e. The molecule has 1 unspecified atom stereocenters. The number of anilines is 1. The number of nitrogens with zero attached hydrogens (tertiary/aromatic N) is 2. The van der Waals surface area contributed by atoms with Crippen molar-refractivity contribution < 1.29 is 14.7 Å². The summed E-state index contributed by atoms with van der Waals surface area (Å²) in [6, 6.07) is 0. The second-order valence-corrected chi connectivity index (χ2v) is 5.20. The molecule has 1 amide bonds. The number of hydrogen-bond acceptors (Lipinski definition) is 4. The van der Waals surface area contributed by atoms with Crippen LogP contribution in [0.1, 0.15) is 35.8 Å². The molecule has 1 aromatic heterocycles. The van der Waals surface area contributed by atoms with E-state index in [1.807, 2.05) is 0 Å². The first kappa shape index (κ1) is 13.4. The van der Waals surface area contributed by atoms with E-state index in [-0.39, 0.29) is 11.5 Å². The largest absolute Gasteiger partial charge is 0.480 e. The van der Waals surface area contributed by atoms with E-state index in [9.17, 15) is 14.7 Å². The fraction of sp³-hybridized carbons (Fsp3) is 0.583. The molecule has 1 aliphatic rings. The zero-order valence-electron chi connectivity index (χ0n) is 11.2. The van der Waals surface area contributed by atoms with Gasteiger partial charge >= 0.3 is 5.97 Å². The first-order chi connectivity index (χ1) is 8.77. The number of carboxylic acids is 1. The molecule has 7 nitrogen and oxygen atoms in total. The van der Waals surface area contributed by atoms with Gasteiger partial charge in [-0.1, -0.05) is 0 Å². The van der Waals surface area contributed by atoms with Crippen LogP contribution in [0.2, 0.25) is 0 Å². The highest BCUT2D eigenvalue weighted by atomic mass is 16.4. The predicted molar refractivity (Wildman–Crippen MR) is 68.9 cm³/mol. The molecule has 7 heteroatoms. The van der Waals surface area contributed by atoms with Gasteiger partial charge in [0, 0.05) is 7.05 Å². The van der Waals surface area contributed by atoms with Gasteiger partial charge in [0.25, 0.3) is 5.91 Å². The van der Waals surface area contributed by atoms with Crippen LogP contribution in [0.3, 0.4) is 0 Å². The molecular formula is C12H18N4O3. The molecule has 1 aliphatic carbocycles. The van der Waals surface area contributed by atoms with Gasteiger partial charge < -0.3 is 16.2 Å². The number of amides is 1. The zero-order valence-corrected chi connectivity index (χ0v) is 11.2. The topological polar surface area (TPSA) is 110 Å². The van der Waals surface area contributed by atoms with Gasteiger partial charge in [0.1, 0.15) is 16.9 Å². The van der Waals surface area contributed by atoms with Gasteiger partial charge in [-0.2, -0.15) is 5.10 Å². The van der Waals surface area contributed by atoms with Crippen molar-refractivity contribution in [3.63, 3.8) is 0 Å². The van der Waals surface area contributed by atoms with Gasteiger partial charge in [-0.05, 0) is 32.6 Å². The molecule has 0 radical (unpaired) electrons. The molecule has 0 saturated heterocycles. The third-order valence-corrected chi connectivity index (χ3v) is 3.68. The fourth-order valence-electron chi connectivity index (χ4n) is 2.33. The third-order valence-electron chi connectivity index (χ3n) is 3.68. The predicted octanol–water partition coefficient (Wildman–Crippen LogP) is 0.493. The Kier molecular flexibility index (Phi) is 3.00. The van der Waals surface area contributed by atoms with Gasteiger partial charge in [0.05, 0.1) is 5.69 Å². The minimum atomic E-state index is -1.11. The first-order valence-electron chi connectivity index (χ1n) is 6.12. The van der Waals surface area contributed by atoms with Crippen molar-refractivity contribution in [3.8, 4) is 0 Å². The maximum Gasteiger partial charge on any atom is 0.329 e. The van der Waals surface area contributed by atoms with Crippen LogP contribution in [0.5, 0.6) is 0 Å². The summed E-state index contributed by atoms with van der Waals surface area (Å²) in [5.41, 5.74) is 4.96. The summed E-state index contributed by atoms with van der Waals surface area (Å²) in [5, 5.41) is 16.5. The van der Waals surface area contributed by atoms with Crippen molar-refractivity contribution in [2.24, 2.45) is 18.7 Å². The van der Waals surface area contributed by atoms with E-state index in [1.165, 1.54) is 4.68 Å². The van der Waals surface area contributed by atoms with Crippen LogP contribution in [0, 0.1) is 12.8 Å². The summed E-state index contributed by atoms with van der Waals surface area (Å²) in [5.74, 6) is -1.14. The lowest BCUT2D eigenvalue weighted by Gasteiger charge is -2.27. The highest BCUT2D eigenvalue weighted by molar-refractivity contribution is 5.99. The summed E-state index contributed by atoms with van der Waals surface area (Å²) < 4.78 is 1.46. The number of carbonyl (C=O) groups is 2. The van der Waals surface area contributed by atoms with Crippen LogP contribution in [-0.4, -0.2) is 32.3 Å². The second kappa shape index (κ2) is 4.25. The molecule has 1 fully saturated rings. The number of hydrogen-bond donors (Lipinski definition) is 3. The van der Waals surface area contributed by atoms with E-state index in [1.54, 1.807) is 20.9 Å². The molecule has 1 aromatic rings. The Hall–Kier alpha value is -2.05. The standard InChI is InChI=1S/C12H18N4O3/c1-6-8(9(13)17)10(16(3)15-6)14-12(2,11(18)19)7-4-5-7/h7,14H,4-5H2,1-3H3,(H2,13,17)(H,18,19). The van der Waals surface area contributed by atoms with Crippen molar-refractivity contribution in [2.75, 3.05) is 5.32 Å². The van der Waals surface area contributed by atoms with Crippen molar-refractivity contribution in [1.82, 2.24) is 9.78 Å². The van der Waals surface area contributed by atoms with E-state index < -0.39 is 17.4 Å². The van der Waals surface area contributed by atoms with Crippen LogP contribution in [0.15, 0.2) is 0 Å². The van der Waals surface area contributed by atoms with E-state index in [2.05, 4.69) is 10.4 Å². The van der Waals surface area contributed by atoms with Crippen molar-refractivity contribution in [3.05, 3.63) is 11.3 Å². The van der Waals surface area contributed by atoms with Gasteiger partial charge in [0.2, 0.25) is 0 Å². The van der Waals surface area contributed by atoms with Gasteiger partial charge in [0.15, 0.2) is 0 Å². The molecule has 19 heavy (non-hydrogen) atoms. The van der Waals surface area contributed by atoms with Gasteiger partial charge in [-0.25, -0.2) is 4.79 Å². The summed E-state index contributed by atoms with van der Waals surface area (Å²) >= 11 is 0. The Morgan fingerprint density at radius 3 is 2.53 bits per heavy atom. The number of carboxylic acid groups (broad SMARTS) is 1. The molecule has 0 aromatic carbocycles. The Morgan fingerprint density at radius 2 is 2.11 bits per heavy atom. The zero-order chi connectivity index (χ0) is 14.4. The lowest BCUT2D eigenvalue weighted by molar-refractivity contribution is -0.142. The molecule has 0 bridgehead atoms. The number of primary amides is 1. The molecule has 0 aliphatic heterocycles. The van der Waals surface area contributed by atoms with Gasteiger partial charge in [-0.15, -0.1) is 0 Å². The highest BCUT2D eigenvalue weighted by Crippen LogP contribution is 2.42. The summed E-state index contributed by atoms with van der Waals surface area (Å²) in [4.78, 5) is 23.0. The fourth-order valence-corrected chi connectivity index (χ4v) is 2.33. The minimum absolute atomic E-state index is 0.0564. The van der Waals surface area contributed by atoms with Crippen molar-refractivity contribution in [2.45, 2.75) is 32.2 Å². The molecule has 4 N–H and O–H groups in total. The van der Waals surface area contributed by atoms with E-state index >= 15 is 0 Å². The lowest BCUT2D eigenvalue weighted by Crippen LogP contribution is -2.46.